The van der Waals surface area contributed by atoms with Crippen LogP contribution in [0.15, 0.2) is 47.2 Å². The van der Waals surface area contributed by atoms with Crippen molar-refractivity contribution >= 4 is 38.4 Å². The van der Waals surface area contributed by atoms with Crippen molar-refractivity contribution in [3.05, 3.63) is 52.9 Å². The molecule has 3 rings (SSSR count). The number of aromatic nitrogens is 3. The number of rotatable bonds is 2. The second-order valence-electron chi connectivity index (χ2n) is 3.93. The Morgan fingerprint density at radius 3 is 2.95 bits per heavy atom. The highest BCUT2D eigenvalue weighted by molar-refractivity contribution is 9.10. The van der Waals surface area contributed by atoms with E-state index in [1.165, 1.54) is 0 Å². The second-order valence-corrected chi connectivity index (χ2v) is 4.78. The summed E-state index contributed by atoms with van der Waals surface area (Å²) in [6, 6.07) is 9.19. The standard InChI is InChI=1S/C13H9BrN4O/c14-9-3-1-2-4-11(9)16-13(19)12-8-7-15-6-5-10(8)17-18-12/h1-7H,(H,16,19)(H,17,18). The van der Waals surface area contributed by atoms with E-state index in [1.54, 1.807) is 18.5 Å². The first-order chi connectivity index (χ1) is 9.25. The number of pyridine rings is 1. The number of anilines is 1. The molecule has 1 aromatic carbocycles. The molecule has 0 aliphatic carbocycles. The highest BCUT2D eigenvalue weighted by Gasteiger charge is 2.14. The molecule has 2 aromatic heterocycles. The molecule has 0 unspecified atom stereocenters. The summed E-state index contributed by atoms with van der Waals surface area (Å²) in [7, 11) is 0. The van der Waals surface area contributed by atoms with Gasteiger partial charge in [0, 0.05) is 16.9 Å². The first-order valence-electron chi connectivity index (χ1n) is 5.59. The fourth-order valence-corrected chi connectivity index (χ4v) is 2.16. The number of hydrogen-bond acceptors (Lipinski definition) is 3. The number of aromatic amines is 1. The number of benzene rings is 1. The number of H-pyrrole nitrogens is 1. The monoisotopic (exact) mass is 316 g/mol. The Hall–Kier alpha value is -2.21. The highest BCUT2D eigenvalue weighted by Crippen LogP contribution is 2.22. The number of para-hydroxylation sites is 1. The van der Waals surface area contributed by atoms with Crippen LogP contribution in [0.3, 0.4) is 0 Å². The normalized spacial score (nSPS) is 10.6. The Morgan fingerprint density at radius 2 is 2.11 bits per heavy atom. The van der Waals surface area contributed by atoms with Crippen LogP contribution in [0.5, 0.6) is 0 Å². The minimum absolute atomic E-state index is 0.272. The largest absolute Gasteiger partial charge is 0.320 e. The summed E-state index contributed by atoms with van der Waals surface area (Å²) in [5.74, 6) is -0.272. The van der Waals surface area contributed by atoms with Crippen LogP contribution < -0.4 is 5.32 Å². The average Bonchev–Trinajstić information content (AvgIpc) is 2.85. The molecule has 0 aliphatic rings. The molecular formula is C13H9BrN4O. The van der Waals surface area contributed by atoms with Crippen LogP contribution in [0, 0.1) is 0 Å². The van der Waals surface area contributed by atoms with Crippen LogP contribution in [0.1, 0.15) is 10.5 Å². The Balaban J connectivity index is 1.95. The van der Waals surface area contributed by atoms with E-state index in [1.807, 2.05) is 24.3 Å². The summed E-state index contributed by atoms with van der Waals surface area (Å²) >= 11 is 3.38. The third-order valence-corrected chi connectivity index (χ3v) is 3.39. The van der Waals surface area contributed by atoms with E-state index < -0.39 is 0 Å². The van der Waals surface area contributed by atoms with Crippen LogP contribution in [0.4, 0.5) is 5.69 Å². The number of hydrogen-bond donors (Lipinski definition) is 2. The van der Waals surface area contributed by atoms with Gasteiger partial charge in [0.05, 0.1) is 16.6 Å². The predicted octanol–water partition coefficient (Wildman–Crippen LogP) is 2.97. The second kappa shape index (κ2) is 4.81. The zero-order valence-electron chi connectivity index (χ0n) is 9.72. The predicted molar refractivity (Wildman–Crippen MR) is 76.0 cm³/mol. The van der Waals surface area contributed by atoms with Gasteiger partial charge in [-0.3, -0.25) is 14.9 Å². The van der Waals surface area contributed by atoms with Gasteiger partial charge in [0.1, 0.15) is 0 Å². The Labute approximate surface area is 117 Å². The molecule has 1 amide bonds. The number of carbonyl (C=O) groups excluding carboxylic acids is 1. The van der Waals surface area contributed by atoms with Crippen molar-refractivity contribution < 1.29 is 4.79 Å². The number of nitrogens with one attached hydrogen (secondary N) is 2. The minimum atomic E-state index is -0.272. The number of halogens is 1. The van der Waals surface area contributed by atoms with Crippen molar-refractivity contribution in [2.45, 2.75) is 0 Å². The maximum atomic E-state index is 12.2. The van der Waals surface area contributed by atoms with Crippen molar-refractivity contribution in [1.29, 1.82) is 0 Å². The summed E-state index contributed by atoms with van der Waals surface area (Å²) in [4.78, 5) is 16.2. The van der Waals surface area contributed by atoms with Crippen LogP contribution >= 0.6 is 15.9 Å². The van der Waals surface area contributed by atoms with Crippen LogP contribution in [0.25, 0.3) is 10.9 Å². The summed E-state index contributed by atoms with van der Waals surface area (Å²) < 4.78 is 0.821. The van der Waals surface area contributed by atoms with Gasteiger partial charge in [0.15, 0.2) is 5.69 Å². The molecule has 6 heteroatoms. The zero-order chi connectivity index (χ0) is 13.2. The number of amides is 1. The lowest BCUT2D eigenvalue weighted by atomic mass is 10.2. The molecule has 0 spiro atoms. The molecule has 0 aliphatic heterocycles. The van der Waals surface area contributed by atoms with Gasteiger partial charge in [-0.1, -0.05) is 12.1 Å². The van der Waals surface area contributed by atoms with Crippen molar-refractivity contribution in [2.75, 3.05) is 5.32 Å². The summed E-state index contributed by atoms with van der Waals surface area (Å²) in [5, 5.41) is 10.3. The molecule has 2 heterocycles. The van der Waals surface area contributed by atoms with E-state index in [2.05, 4.69) is 36.4 Å². The van der Waals surface area contributed by atoms with Gasteiger partial charge >= 0.3 is 0 Å². The van der Waals surface area contributed by atoms with E-state index in [4.69, 9.17) is 0 Å². The van der Waals surface area contributed by atoms with Crippen LogP contribution in [0.2, 0.25) is 0 Å². The zero-order valence-corrected chi connectivity index (χ0v) is 11.3. The van der Waals surface area contributed by atoms with E-state index in [9.17, 15) is 4.79 Å². The molecule has 94 valence electrons. The highest BCUT2D eigenvalue weighted by atomic mass is 79.9. The molecule has 0 fully saturated rings. The molecular weight excluding hydrogens is 308 g/mol. The Kier molecular flexibility index (Phi) is 3.00. The number of nitrogens with zero attached hydrogens (tertiary/aromatic N) is 2. The van der Waals surface area contributed by atoms with E-state index in [-0.39, 0.29) is 5.91 Å². The summed E-state index contributed by atoms with van der Waals surface area (Å²) in [6.45, 7) is 0. The molecule has 0 saturated heterocycles. The Bertz CT molecular complexity index is 753. The fourth-order valence-electron chi connectivity index (χ4n) is 1.77. The van der Waals surface area contributed by atoms with Crippen LogP contribution in [-0.4, -0.2) is 21.1 Å². The first-order valence-corrected chi connectivity index (χ1v) is 6.39. The molecule has 0 atom stereocenters. The maximum Gasteiger partial charge on any atom is 0.276 e. The van der Waals surface area contributed by atoms with E-state index >= 15 is 0 Å². The molecule has 5 nitrogen and oxygen atoms in total. The van der Waals surface area contributed by atoms with Gasteiger partial charge in [-0.25, -0.2) is 0 Å². The lowest BCUT2D eigenvalue weighted by Crippen LogP contribution is -2.13. The van der Waals surface area contributed by atoms with Crippen LogP contribution in [-0.2, 0) is 0 Å². The first kappa shape index (κ1) is 11.9. The van der Waals surface area contributed by atoms with E-state index in [0.29, 0.717) is 16.8 Å². The average molecular weight is 317 g/mol. The minimum Gasteiger partial charge on any atom is -0.320 e. The lowest BCUT2D eigenvalue weighted by molar-refractivity contribution is 0.102. The molecule has 2 N–H and O–H groups in total. The number of fused-ring (bicyclic) bond motifs is 1. The van der Waals surface area contributed by atoms with Gasteiger partial charge in [0.25, 0.3) is 5.91 Å². The molecule has 0 radical (unpaired) electrons. The van der Waals surface area contributed by atoms with E-state index in [0.717, 1.165) is 9.99 Å². The SMILES string of the molecule is O=C(Nc1ccccc1Br)c1n[nH]c2ccncc12. The van der Waals surface area contributed by atoms with Gasteiger partial charge < -0.3 is 5.32 Å². The summed E-state index contributed by atoms with van der Waals surface area (Å²) in [6.07, 6.45) is 3.27. The molecule has 0 saturated carbocycles. The van der Waals surface area contributed by atoms with Gasteiger partial charge in [-0.15, -0.1) is 0 Å². The topological polar surface area (TPSA) is 70.7 Å². The van der Waals surface area contributed by atoms with Crippen molar-refractivity contribution in [1.82, 2.24) is 15.2 Å². The fraction of sp³-hybridized carbons (Fsp3) is 0. The summed E-state index contributed by atoms with van der Waals surface area (Å²) in [5.41, 5.74) is 1.82. The third kappa shape index (κ3) is 2.22. The third-order valence-electron chi connectivity index (χ3n) is 2.70. The molecule has 0 bridgehead atoms. The van der Waals surface area contributed by atoms with Gasteiger partial charge in [0.2, 0.25) is 0 Å². The smallest absolute Gasteiger partial charge is 0.276 e. The van der Waals surface area contributed by atoms with Crippen molar-refractivity contribution in [3.8, 4) is 0 Å². The number of carbonyl (C=O) groups is 1. The quantitative estimate of drug-likeness (QED) is 0.763. The van der Waals surface area contributed by atoms with Crippen molar-refractivity contribution in [2.24, 2.45) is 0 Å². The van der Waals surface area contributed by atoms with Crippen molar-refractivity contribution in [3.63, 3.8) is 0 Å². The Morgan fingerprint density at radius 1 is 1.26 bits per heavy atom. The molecule has 3 aromatic rings. The van der Waals surface area contributed by atoms with Gasteiger partial charge in [-0.2, -0.15) is 5.10 Å². The lowest BCUT2D eigenvalue weighted by Gasteiger charge is -2.05. The molecule has 19 heavy (non-hydrogen) atoms. The van der Waals surface area contributed by atoms with Gasteiger partial charge in [-0.05, 0) is 34.1 Å². The maximum absolute atomic E-state index is 12.2.